The number of rotatable bonds is 5. The van der Waals surface area contributed by atoms with Gasteiger partial charge in [-0.2, -0.15) is 0 Å². The predicted molar refractivity (Wildman–Crippen MR) is 129 cm³/mol. The van der Waals surface area contributed by atoms with Gasteiger partial charge in [-0.25, -0.2) is 8.42 Å². The van der Waals surface area contributed by atoms with Crippen molar-refractivity contribution in [2.75, 3.05) is 15.7 Å². The molecule has 0 bridgehead atoms. The second kappa shape index (κ2) is 8.43. The number of amides is 1. The van der Waals surface area contributed by atoms with Crippen LogP contribution in [-0.4, -0.2) is 26.9 Å². The Morgan fingerprint density at radius 1 is 0.969 bits per heavy atom. The molecule has 3 aromatic carbocycles. The fourth-order valence-electron chi connectivity index (χ4n) is 4.29. The molecule has 1 atom stereocenters. The van der Waals surface area contributed by atoms with Crippen molar-refractivity contribution >= 4 is 27.3 Å². The summed E-state index contributed by atoms with van der Waals surface area (Å²) in [7, 11) is -3.94. The van der Waals surface area contributed by atoms with Gasteiger partial charge in [0.15, 0.2) is 0 Å². The third-order valence-electron chi connectivity index (χ3n) is 6.21. The number of fused-ring (bicyclic) bond motifs is 1. The van der Waals surface area contributed by atoms with E-state index in [-0.39, 0.29) is 23.4 Å². The van der Waals surface area contributed by atoms with Crippen molar-refractivity contribution < 1.29 is 13.2 Å². The van der Waals surface area contributed by atoms with E-state index in [1.807, 2.05) is 64.1 Å². The third-order valence-corrected chi connectivity index (χ3v) is 7.98. The molecular weight excluding hydrogens is 420 g/mol. The van der Waals surface area contributed by atoms with Crippen LogP contribution in [0.1, 0.15) is 29.2 Å². The minimum Gasteiger partial charge on any atom is -0.307 e. The molecule has 0 aliphatic carbocycles. The van der Waals surface area contributed by atoms with E-state index in [1.165, 1.54) is 4.31 Å². The Balaban J connectivity index is 1.78. The number of benzene rings is 3. The highest BCUT2D eigenvalue weighted by Gasteiger charge is 2.35. The monoisotopic (exact) mass is 448 g/mol. The molecule has 5 nitrogen and oxygen atoms in total. The molecule has 1 amide bonds. The molecule has 0 saturated heterocycles. The van der Waals surface area contributed by atoms with Crippen LogP contribution < -0.4 is 9.21 Å². The maximum absolute atomic E-state index is 13.7. The molecule has 166 valence electrons. The van der Waals surface area contributed by atoms with Gasteiger partial charge >= 0.3 is 0 Å². The number of anilines is 2. The van der Waals surface area contributed by atoms with Gasteiger partial charge in [0.05, 0.1) is 10.6 Å². The lowest BCUT2D eigenvalue weighted by atomic mass is 10.1. The van der Waals surface area contributed by atoms with Gasteiger partial charge in [0.1, 0.15) is 6.54 Å². The molecule has 0 radical (unpaired) electrons. The van der Waals surface area contributed by atoms with Crippen molar-refractivity contribution in [2.45, 2.75) is 45.1 Å². The van der Waals surface area contributed by atoms with E-state index in [0.717, 1.165) is 34.4 Å². The summed E-state index contributed by atoms with van der Waals surface area (Å²) < 4.78 is 28.7. The highest BCUT2D eigenvalue weighted by atomic mass is 32.2. The maximum atomic E-state index is 13.7. The standard InChI is InChI=1S/C26H28N2O3S/c1-18-12-14-23(15-13-18)32(30,31)27(24-11-7-8-19(2)21(24)4)17-26(29)28-20(3)16-22-9-5-6-10-25(22)28/h5-15,20H,16-17H2,1-4H3/t20-/m0/s1. The van der Waals surface area contributed by atoms with Crippen LogP contribution in [0.2, 0.25) is 0 Å². The lowest BCUT2D eigenvalue weighted by Crippen LogP contribution is -2.45. The summed E-state index contributed by atoms with van der Waals surface area (Å²) >= 11 is 0. The fraction of sp³-hybridized carbons (Fsp3) is 0.269. The van der Waals surface area contributed by atoms with Crippen molar-refractivity contribution in [3.63, 3.8) is 0 Å². The summed E-state index contributed by atoms with van der Waals surface area (Å²) in [6.07, 6.45) is 0.760. The van der Waals surface area contributed by atoms with E-state index >= 15 is 0 Å². The molecular formula is C26H28N2O3S. The Morgan fingerprint density at radius 3 is 2.38 bits per heavy atom. The van der Waals surface area contributed by atoms with Crippen molar-refractivity contribution in [2.24, 2.45) is 0 Å². The summed E-state index contributed by atoms with van der Waals surface area (Å²) in [4.78, 5) is 15.5. The normalized spacial score (nSPS) is 15.5. The molecule has 6 heteroatoms. The van der Waals surface area contributed by atoms with Crippen LogP contribution >= 0.6 is 0 Å². The zero-order chi connectivity index (χ0) is 23.0. The molecule has 0 N–H and O–H groups in total. The summed E-state index contributed by atoms with van der Waals surface area (Å²) in [5, 5.41) is 0. The van der Waals surface area contributed by atoms with Gasteiger partial charge in [0.2, 0.25) is 5.91 Å². The SMILES string of the molecule is Cc1ccc(S(=O)(=O)N(CC(=O)N2c3ccccc3C[C@@H]2C)c2cccc(C)c2C)cc1. The van der Waals surface area contributed by atoms with Crippen LogP contribution in [0.4, 0.5) is 11.4 Å². The van der Waals surface area contributed by atoms with Crippen molar-refractivity contribution in [3.05, 3.63) is 89.0 Å². The fourth-order valence-corrected chi connectivity index (χ4v) is 5.76. The van der Waals surface area contributed by atoms with Gasteiger partial charge in [-0.05, 0) is 75.1 Å². The Labute approximate surface area is 190 Å². The Hall–Kier alpha value is -3.12. The van der Waals surface area contributed by atoms with E-state index in [0.29, 0.717) is 5.69 Å². The van der Waals surface area contributed by atoms with Crippen molar-refractivity contribution in [1.29, 1.82) is 0 Å². The van der Waals surface area contributed by atoms with E-state index in [2.05, 4.69) is 0 Å². The number of carbonyl (C=O) groups is 1. The molecule has 0 unspecified atom stereocenters. The minimum absolute atomic E-state index is 0.0255. The number of sulfonamides is 1. The molecule has 0 aromatic heterocycles. The van der Waals surface area contributed by atoms with E-state index < -0.39 is 10.0 Å². The largest absolute Gasteiger partial charge is 0.307 e. The molecule has 4 rings (SSSR count). The Bertz CT molecular complexity index is 1270. The Kier molecular flexibility index (Phi) is 5.82. The minimum atomic E-state index is -3.94. The van der Waals surface area contributed by atoms with Crippen LogP contribution in [0.25, 0.3) is 0 Å². The smallest absolute Gasteiger partial charge is 0.264 e. The first-order valence-electron chi connectivity index (χ1n) is 10.8. The maximum Gasteiger partial charge on any atom is 0.264 e. The first-order valence-corrected chi connectivity index (χ1v) is 12.2. The quantitative estimate of drug-likeness (QED) is 0.564. The number of hydrogen-bond acceptors (Lipinski definition) is 3. The molecule has 0 fully saturated rings. The van der Waals surface area contributed by atoms with Gasteiger partial charge in [-0.15, -0.1) is 0 Å². The van der Waals surface area contributed by atoms with Gasteiger partial charge in [0.25, 0.3) is 10.0 Å². The molecule has 3 aromatic rings. The summed E-state index contributed by atoms with van der Waals surface area (Å²) in [6, 6.07) is 20.1. The predicted octanol–water partition coefficient (Wildman–Crippen LogP) is 4.78. The van der Waals surface area contributed by atoms with Crippen LogP contribution in [0.5, 0.6) is 0 Å². The number of hydrogen-bond donors (Lipinski definition) is 0. The second-order valence-corrected chi connectivity index (χ2v) is 10.4. The van der Waals surface area contributed by atoms with Crippen LogP contribution in [0, 0.1) is 20.8 Å². The Morgan fingerprint density at radius 2 is 1.66 bits per heavy atom. The summed E-state index contributed by atoms with van der Waals surface area (Å²) in [6.45, 7) is 7.47. The highest BCUT2D eigenvalue weighted by Crippen LogP contribution is 2.34. The number of nitrogens with zero attached hydrogens (tertiary/aromatic N) is 2. The third kappa shape index (κ3) is 3.91. The average Bonchev–Trinajstić information content (AvgIpc) is 3.10. The highest BCUT2D eigenvalue weighted by molar-refractivity contribution is 7.92. The lowest BCUT2D eigenvalue weighted by molar-refractivity contribution is -0.117. The van der Waals surface area contributed by atoms with Crippen LogP contribution in [0.3, 0.4) is 0 Å². The van der Waals surface area contributed by atoms with Gasteiger partial charge < -0.3 is 4.90 Å². The topological polar surface area (TPSA) is 57.7 Å². The van der Waals surface area contributed by atoms with E-state index in [1.54, 1.807) is 35.2 Å². The number of aryl methyl sites for hydroxylation is 2. The second-order valence-electron chi connectivity index (χ2n) is 8.49. The molecule has 0 spiro atoms. The summed E-state index contributed by atoms with van der Waals surface area (Å²) in [5.41, 5.74) is 5.27. The first-order chi connectivity index (χ1) is 15.2. The zero-order valence-electron chi connectivity index (χ0n) is 18.9. The van der Waals surface area contributed by atoms with Gasteiger partial charge in [-0.1, -0.05) is 48.0 Å². The molecule has 1 aliphatic heterocycles. The zero-order valence-corrected chi connectivity index (χ0v) is 19.7. The molecule has 0 saturated carbocycles. The van der Waals surface area contributed by atoms with Crippen LogP contribution in [-0.2, 0) is 21.2 Å². The van der Waals surface area contributed by atoms with E-state index in [4.69, 9.17) is 0 Å². The summed E-state index contributed by atoms with van der Waals surface area (Å²) in [5.74, 6) is -0.237. The molecule has 1 aliphatic rings. The first kappa shape index (κ1) is 22.1. The number of para-hydroxylation sites is 1. The van der Waals surface area contributed by atoms with E-state index in [9.17, 15) is 13.2 Å². The lowest BCUT2D eigenvalue weighted by Gasteiger charge is -2.30. The number of carbonyl (C=O) groups excluding carboxylic acids is 1. The molecule has 1 heterocycles. The average molecular weight is 449 g/mol. The van der Waals surface area contributed by atoms with Gasteiger partial charge in [-0.3, -0.25) is 9.10 Å². The molecule has 32 heavy (non-hydrogen) atoms. The van der Waals surface area contributed by atoms with Crippen molar-refractivity contribution in [1.82, 2.24) is 0 Å². The van der Waals surface area contributed by atoms with Crippen LogP contribution in [0.15, 0.2) is 71.6 Å². The van der Waals surface area contributed by atoms with Crippen molar-refractivity contribution in [3.8, 4) is 0 Å². The van der Waals surface area contributed by atoms with Gasteiger partial charge in [0, 0.05) is 11.7 Å².